The second-order valence-corrected chi connectivity index (χ2v) is 11.9. The third-order valence-corrected chi connectivity index (χ3v) is 7.79. The van der Waals surface area contributed by atoms with E-state index in [9.17, 15) is 19.2 Å². The van der Waals surface area contributed by atoms with Crippen molar-refractivity contribution < 1.29 is 24.3 Å². The summed E-state index contributed by atoms with van der Waals surface area (Å²) in [6.07, 6.45) is 25.1. The van der Waals surface area contributed by atoms with Crippen LogP contribution in [0.2, 0.25) is 0 Å². The molecule has 0 rings (SSSR count). The number of carbonyl (C=O) groups is 4. The van der Waals surface area contributed by atoms with Crippen LogP contribution in [-0.4, -0.2) is 47.9 Å². The highest BCUT2D eigenvalue weighted by Gasteiger charge is 2.21. The van der Waals surface area contributed by atoms with E-state index >= 15 is 0 Å². The molecule has 3 amide bonds. The van der Waals surface area contributed by atoms with Gasteiger partial charge in [-0.1, -0.05) is 129 Å². The van der Waals surface area contributed by atoms with Gasteiger partial charge in [0.15, 0.2) is 0 Å². The van der Waals surface area contributed by atoms with Crippen molar-refractivity contribution in [1.29, 1.82) is 0 Å². The second-order valence-electron chi connectivity index (χ2n) is 11.9. The first-order chi connectivity index (χ1) is 20.4. The van der Waals surface area contributed by atoms with Crippen molar-refractivity contribution in [2.75, 3.05) is 13.1 Å². The Morgan fingerprint density at radius 2 is 0.929 bits per heavy atom. The zero-order valence-corrected chi connectivity index (χ0v) is 27.2. The lowest BCUT2D eigenvalue weighted by molar-refractivity contribution is -0.137. The van der Waals surface area contributed by atoms with Crippen molar-refractivity contribution in [1.82, 2.24) is 16.0 Å². The van der Waals surface area contributed by atoms with E-state index in [-0.39, 0.29) is 49.8 Å². The molecule has 8 heteroatoms. The smallest absolute Gasteiger partial charge is 0.303 e. The molecule has 0 unspecified atom stereocenters. The Labute approximate surface area is 257 Å². The van der Waals surface area contributed by atoms with Crippen molar-refractivity contribution in [2.24, 2.45) is 0 Å². The van der Waals surface area contributed by atoms with Gasteiger partial charge in [-0.2, -0.15) is 0 Å². The van der Waals surface area contributed by atoms with Crippen molar-refractivity contribution in [3.8, 4) is 0 Å². The summed E-state index contributed by atoms with van der Waals surface area (Å²) < 4.78 is 0. The molecule has 0 aliphatic carbocycles. The van der Waals surface area contributed by atoms with Gasteiger partial charge in [-0.3, -0.25) is 19.2 Å². The van der Waals surface area contributed by atoms with Gasteiger partial charge >= 0.3 is 5.97 Å². The first-order valence-electron chi connectivity index (χ1n) is 17.5. The summed E-state index contributed by atoms with van der Waals surface area (Å²) in [6.45, 7) is 5.65. The number of unbranched alkanes of at least 4 members (excludes halogenated alkanes) is 18. The van der Waals surface area contributed by atoms with Gasteiger partial charge in [0.25, 0.3) is 0 Å². The molecule has 0 aromatic rings. The predicted molar refractivity (Wildman–Crippen MR) is 172 cm³/mol. The summed E-state index contributed by atoms with van der Waals surface area (Å²) in [5.74, 6) is -1.70. The van der Waals surface area contributed by atoms with Crippen LogP contribution in [0.5, 0.6) is 0 Å². The van der Waals surface area contributed by atoms with Crippen molar-refractivity contribution in [3.05, 3.63) is 0 Å². The van der Waals surface area contributed by atoms with Crippen LogP contribution in [0.15, 0.2) is 0 Å². The molecule has 0 bridgehead atoms. The van der Waals surface area contributed by atoms with Crippen LogP contribution in [0, 0.1) is 0 Å². The number of carboxylic acids is 1. The second kappa shape index (κ2) is 30.3. The van der Waals surface area contributed by atoms with Crippen LogP contribution in [0.25, 0.3) is 0 Å². The molecule has 8 nitrogen and oxygen atoms in total. The summed E-state index contributed by atoms with van der Waals surface area (Å²) in [6, 6.07) is -0.798. The van der Waals surface area contributed by atoms with Crippen LogP contribution >= 0.6 is 0 Å². The molecular formula is C34H65N3O5. The molecule has 0 aliphatic rings. The van der Waals surface area contributed by atoms with Gasteiger partial charge in [0.05, 0.1) is 0 Å². The minimum atomic E-state index is -0.951. The fourth-order valence-corrected chi connectivity index (χ4v) is 5.09. The number of hydrogen-bond acceptors (Lipinski definition) is 4. The monoisotopic (exact) mass is 595 g/mol. The first kappa shape index (κ1) is 39.9. The van der Waals surface area contributed by atoms with Crippen molar-refractivity contribution in [2.45, 2.75) is 180 Å². The van der Waals surface area contributed by atoms with E-state index in [0.29, 0.717) is 13.1 Å². The molecule has 0 aromatic carbocycles. The molecule has 0 fully saturated rings. The molecule has 0 aromatic heterocycles. The van der Waals surface area contributed by atoms with E-state index in [2.05, 4.69) is 29.8 Å². The van der Waals surface area contributed by atoms with Crippen molar-refractivity contribution in [3.63, 3.8) is 0 Å². The number of aliphatic carboxylic acids is 1. The highest BCUT2D eigenvalue weighted by molar-refractivity contribution is 5.88. The van der Waals surface area contributed by atoms with E-state index < -0.39 is 12.0 Å². The van der Waals surface area contributed by atoms with Crippen LogP contribution in [0.1, 0.15) is 174 Å². The lowest BCUT2D eigenvalue weighted by Gasteiger charge is -2.18. The molecule has 0 heterocycles. The maximum absolute atomic E-state index is 12.8. The average molecular weight is 596 g/mol. The van der Waals surface area contributed by atoms with Gasteiger partial charge in [0.2, 0.25) is 17.7 Å². The molecule has 0 saturated heterocycles. The Bertz CT molecular complexity index is 686. The van der Waals surface area contributed by atoms with E-state index in [1.807, 2.05) is 0 Å². The quantitative estimate of drug-likeness (QED) is 0.0615. The van der Waals surface area contributed by atoms with Crippen LogP contribution in [0.4, 0.5) is 0 Å². The molecule has 42 heavy (non-hydrogen) atoms. The van der Waals surface area contributed by atoms with Gasteiger partial charge in [-0.15, -0.1) is 0 Å². The Hall–Kier alpha value is -2.12. The van der Waals surface area contributed by atoms with Gasteiger partial charge in [0.1, 0.15) is 6.04 Å². The standard InChI is InChI=1S/C34H65N3O5/c1-3-5-7-9-11-13-15-17-19-21-28-35-31(38)27-26-30(37-32(39)24-23-25-33(40)41)34(42)36-29-22-20-18-16-14-12-10-8-6-4-2/h30H,3-29H2,1-2H3,(H,35,38)(H,36,42)(H,37,39)(H,40,41)/t30-/m1/s1. The van der Waals surface area contributed by atoms with E-state index in [4.69, 9.17) is 5.11 Å². The lowest BCUT2D eigenvalue weighted by atomic mass is 10.1. The minimum absolute atomic E-state index is 0.0411. The normalized spacial score (nSPS) is 11.7. The Balaban J connectivity index is 4.25. The van der Waals surface area contributed by atoms with Gasteiger partial charge < -0.3 is 21.1 Å². The van der Waals surface area contributed by atoms with Gasteiger partial charge in [0, 0.05) is 32.4 Å². The maximum atomic E-state index is 12.8. The highest BCUT2D eigenvalue weighted by Crippen LogP contribution is 2.11. The number of hydrogen-bond donors (Lipinski definition) is 4. The maximum Gasteiger partial charge on any atom is 0.303 e. The zero-order chi connectivity index (χ0) is 31.1. The van der Waals surface area contributed by atoms with Crippen LogP contribution in [-0.2, 0) is 19.2 Å². The predicted octanol–water partition coefficient (Wildman–Crippen LogP) is 7.58. The summed E-state index contributed by atoms with van der Waals surface area (Å²) in [5.41, 5.74) is 0. The summed E-state index contributed by atoms with van der Waals surface area (Å²) in [7, 11) is 0. The van der Waals surface area contributed by atoms with Gasteiger partial charge in [-0.05, 0) is 25.7 Å². The van der Waals surface area contributed by atoms with E-state index in [1.54, 1.807) is 0 Å². The largest absolute Gasteiger partial charge is 0.481 e. The van der Waals surface area contributed by atoms with Gasteiger partial charge in [-0.25, -0.2) is 0 Å². The molecule has 0 radical (unpaired) electrons. The Morgan fingerprint density at radius 1 is 0.500 bits per heavy atom. The third kappa shape index (κ3) is 28.0. The SMILES string of the molecule is CCCCCCCCCCCCNC(=O)CC[C@@H](NC(=O)CCCC(=O)O)C(=O)NCCCCCCCCCCCC. The third-order valence-electron chi connectivity index (χ3n) is 7.79. The van der Waals surface area contributed by atoms with Crippen LogP contribution < -0.4 is 16.0 Å². The fourth-order valence-electron chi connectivity index (χ4n) is 5.09. The number of nitrogens with one attached hydrogen (secondary N) is 3. The van der Waals surface area contributed by atoms with Crippen molar-refractivity contribution >= 4 is 23.7 Å². The number of carboxylic acid groups (broad SMARTS) is 1. The minimum Gasteiger partial charge on any atom is -0.481 e. The number of rotatable bonds is 31. The molecule has 0 spiro atoms. The van der Waals surface area contributed by atoms with Crippen LogP contribution in [0.3, 0.4) is 0 Å². The van der Waals surface area contributed by atoms with E-state index in [1.165, 1.54) is 96.3 Å². The Kier molecular flexibility index (Phi) is 28.8. The fraction of sp³-hybridized carbons (Fsp3) is 0.882. The number of amides is 3. The summed E-state index contributed by atoms with van der Waals surface area (Å²) in [4.78, 5) is 48.3. The molecule has 0 aliphatic heterocycles. The molecule has 1 atom stereocenters. The highest BCUT2D eigenvalue weighted by atomic mass is 16.4. The zero-order valence-electron chi connectivity index (χ0n) is 27.2. The molecular weight excluding hydrogens is 530 g/mol. The average Bonchev–Trinajstić information content (AvgIpc) is 2.96. The summed E-state index contributed by atoms with van der Waals surface area (Å²) in [5, 5.41) is 17.4. The molecule has 246 valence electrons. The lowest BCUT2D eigenvalue weighted by Crippen LogP contribution is -2.47. The Morgan fingerprint density at radius 3 is 1.38 bits per heavy atom. The summed E-state index contributed by atoms with van der Waals surface area (Å²) >= 11 is 0. The van der Waals surface area contributed by atoms with E-state index in [0.717, 1.165) is 32.1 Å². The molecule has 4 N–H and O–H groups in total. The topological polar surface area (TPSA) is 125 Å². The number of carbonyl (C=O) groups excluding carboxylic acids is 3. The molecule has 0 saturated carbocycles. The first-order valence-corrected chi connectivity index (χ1v) is 17.5.